The molecule has 21 heavy (non-hydrogen) atoms. The summed E-state index contributed by atoms with van der Waals surface area (Å²) in [6, 6.07) is 0.692. The Balaban J connectivity index is 2.08. The maximum absolute atomic E-state index is 6.32. The molecular formula is C18H37N3. The standard InChI is InChI=1S/C18H37N3/c1-14(2)16-7-6-9-18(13-19,10-8-16)21-11-15(3)17(12-21)20(4)5/h14-17H,6-13,19H2,1-5H3. The molecule has 1 heterocycles. The molecule has 0 spiro atoms. The Morgan fingerprint density at radius 2 is 1.90 bits per heavy atom. The van der Waals surface area contributed by atoms with Crippen LogP contribution in [0.2, 0.25) is 0 Å². The quantitative estimate of drug-likeness (QED) is 0.810. The van der Waals surface area contributed by atoms with E-state index >= 15 is 0 Å². The lowest BCUT2D eigenvalue weighted by molar-refractivity contribution is 0.0940. The van der Waals surface area contributed by atoms with Crippen LogP contribution in [0.25, 0.3) is 0 Å². The van der Waals surface area contributed by atoms with E-state index in [-0.39, 0.29) is 5.54 Å². The van der Waals surface area contributed by atoms with Crippen molar-refractivity contribution < 1.29 is 0 Å². The zero-order chi connectivity index (χ0) is 15.6. The third-order valence-corrected chi connectivity index (χ3v) is 6.43. The van der Waals surface area contributed by atoms with Crippen molar-refractivity contribution >= 4 is 0 Å². The maximum atomic E-state index is 6.32. The summed E-state index contributed by atoms with van der Waals surface area (Å²) >= 11 is 0. The van der Waals surface area contributed by atoms with E-state index in [0.29, 0.717) is 6.04 Å². The van der Waals surface area contributed by atoms with E-state index in [4.69, 9.17) is 5.73 Å². The lowest BCUT2D eigenvalue weighted by Gasteiger charge is -2.41. The lowest BCUT2D eigenvalue weighted by atomic mass is 9.85. The monoisotopic (exact) mass is 295 g/mol. The minimum absolute atomic E-state index is 0.280. The van der Waals surface area contributed by atoms with Crippen molar-refractivity contribution in [3.63, 3.8) is 0 Å². The SMILES string of the molecule is CC(C)C1CCCC(CN)(N2CC(C)C(N(C)C)C2)CC1. The Bertz CT molecular complexity index is 328. The molecule has 2 aliphatic rings. The van der Waals surface area contributed by atoms with Gasteiger partial charge >= 0.3 is 0 Å². The molecule has 0 radical (unpaired) electrons. The highest BCUT2D eigenvalue weighted by molar-refractivity contribution is 5.00. The normalized spacial score (nSPS) is 39.1. The highest BCUT2D eigenvalue weighted by Gasteiger charge is 2.43. The summed E-state index contributed by atoms with van der Waals surface area (Å²) in [4.78, 5) is 5.16. The van der Waals surface area contributed by atoms with Gasteiger partial charge in [0.25, 0.3) is 0 Å². The van der Waals surface area contributed by atoms with Crippen LogP contribution in [-0.2, 0) is 0 Å². The molecule has 124 valence electrons. The molecule has 0 aromatic rings. The number of hydrogen-bond acceptors (Lipinski definition) is 3. The summed E-state index contributed by atoms with van der Waals surface area (Å²) < 4.78 is 0. The van der Waals surface area contributed by atoms with E-state index < -0.39 is 0 Å². The van der Waals surface area contributed by atoms with Gasteiger partial charge in [0.05, 0.1) is 0 Å². The Kier molecular flexibility index (Phi) is 5.72. The molecule has 4 unspecified atom stereocenters. The van der Waals surface area contributed by atoms with E-state index in [9.17, 15) is 0 Å². The van der Waals surface area contributed by atoms with Crippen molar-refractivity contribution in [3.05, 3.63) is 0 Å². The highest BCUT2D eigenvalue weighted by Crippen LogP contribution is 2.39. The summed E-state index contributed by atoms with van der Waals surface area (Å²) in [6.45, 7) is 10.5. The van der Waals surface area contributed by atoms with E-state index in [1.54, 1.807) is 0 Å². The molecule has 3 heteroatoms. The Labute approximate surface area is 132 Å². The number of rotatable bonds is 4. The average molecular weight is 296 g/mol. The van der Waals surface area contributed by atoms with Crippen LogP contribution in [0.15, 0.2) is 0 Å². The molecule has 0 aromatic heterocycles. The van der Waals surface area contributed by atoms with Crippen molar-refractivity contribution in [1.29, 1.82) is 0 Å². The summed E-state index contributed by atoms with van der Waals surface area (Å²) in [5.41, 5.74) is 6.60. The lowest BCUT2D eigenvalue weighted by Crippen LogP contribution is -2.53. The predicted octanol–water partition coefficient (Wildman–Crippen LogP) is 2.80. The fraction of sp³-hybridized carbons (Fsp3) is 1.00. The number of nitrogens with zero attached hydrogens (tertiary/aromatic N) is 2. The number of likely N-dealkylation sites (N-methyl/N-ethyl adjacent to an activating group) is 1. The minimum Gasteiger partial charge on any atom is -0.329 e. The zero-order valence-electron chi connectivity index (χ0n) is 14.9. The topological polar surface area (TPSA) is 32.5 Å². The van der Waals surface area contributed by atoms with Crippen LogP contribution >= 0.6 is 0 Å². The van der Waals surface area contributed by atoms with E-state index in [0.717, 1.165) is 24.3 Å². The first-order valence-corrected chi connectivity index (χ1v) is 9.01. The molecule has 1 aliphatic carbocycles. The molecule has 3 nitrogen and oxygen atoms in total. The van der Waals surface area contributed by atoms with Gasteiger partial charge in [-0.15, -0.1) is 0 Å². The number of nitrogens with two attached hydrogens (primary N) is 1. The van der Waals surface area contributed by atoms with Crippen molar-refractivity contribution in [2.24, 2.45) is 23.5 Å². The van der Waals surface area contributed by atoms with Gasteiger partial charge in [0.2, 0.25) is 0 Å². The zero-order valence-corrected chi connectivity index (χ0v) is 14.9. The van der Waals surface area contributed by atoms with Crippen molar-refractivity contribution in [1.82, 2.24) is 9.80 Å². The fourth-order valence-corrected chi connectivity index (χ4v) is 4.74. The van der Waals surface area contributed by atoms with Crippen LogP contribution in [0.3, 0.4) is 0 Å². The van der Waals surface area contributed by atoms with Crippen molar-refractivity contribution in [3.8, 4) is 0 Å². The Hall–Kier alpha value is -0.120. The third-order valence-electron chi connectivity index (χ3n) is 6.43. The molecule has 2 rings (SSSR count). The molecule has 2 fully saturated rings. The maximum Gasteiger partial charge on any atom is 0.0332 e. The molecular weight excluding hydrogens is 258 g/mol. The van der Waals surface area contributed by atoms with Gasteiger partial charge in [-0.25, -0.2) is 0 Å². The van der Waals surface area contributed by atoms with Crippen LogP contribution in [0.1, 0.15) is 52.9 Å². The fourth-order valence-electron chi connectivity index (χ4n) is 4.74. The molecule has 2 N–H and O–H groups in total. The summed E-state index contributed by atoms with van der Waals surface area (Å²) in [5, 5.41) is 0. The van der Waals surface area contributed by atoms with Gasteiger partial charge in [-0.05, 0) is 51.1 Å². The smallest absolute Gasteiger partial charge is 0.0332 e. The average Bonchev–Trinajstić information content (AvgIpc) is 2.70. The first kappa shape index (κ1) is 17.2. The van der Waals surface area contributed by atoms with E-state index in [1.165, 1.54) is 45.2 Å². The second-order valence-electron chi connectivity index (χ2n) is 8.28. The first-order chi connectivity index (χ1) is 9.89. The van der Waals surface area contributed by atoms with Crippen LogP contribution in [-0.4, -0.2) is 55.1 Å². The van der Waals surface area contributed by atoms with Gasteiger partial charge in [0.15, 0.2) is 0 Å². The molecule has 1 saturated heterocycles. The van der Waals surface area contributed by atoms with Crippen molar-refractivity contribution in [2.75, 3.05) is 33.7 Å². The van der Waals surface area contributed by atoms with Gasteiger partial charge in [-0.2, -0.15) is 0 Å². The van der Waals surface area contributed by atoms with Gasteiger partial charge in [-0.1, -0.05) is 33.6 Å². The molecule has 1 saturated carbocycles. The largest absolute Gasteiger partial charge is 0.329 e. The Morgan fingerprint density at radius 1 is 1.19 bits per heavy atom. The minimum atomic E-state index is 0.280. The van der Waals surface area contributed by atoms with Gasteiger partial charge in [0, 0.05) is 31.2 Å². The number of likely N-dealkylation sites (tertiary alicyclic amines) is 1. The third kappa shape index (κ3) is 3.62. The van der Waals surface area contributed by atoms with Crippen LogP contribution in [0.5, 0.6) is 0 Å². The van der Waals surface area contributed by atoms with Crippen molar-refractivity contribution in [2.45, 2.75) is 64.5 Å². The molecule has 0 amide bonds. The predicted molar refractivity (Wildman–Crippen MR) is 91.4 cm³/mol. The van der Waals surface area contributed by atoms with E-state index in [1.807, 2.05) is 0 Å². The van der Waals surface area contributed by atoms with Gasteiger partial charge < -0.3 is 10.6 Å². The summed E-state index contributed by atoms with van der Waals surface area (Å²) in [6.07, 6.45) is 6.74. The number of hydrogen-bond donors (Lipinski definition) is 1. The highest BCUT2D eigenvalue weighted by atomic mass is 15.3. The molecule has 4 atom stereocenters. The van der Waals surface area contributed by atoms with E-state index in [2.05, 4.69) is 44.7 Å². The second-order valence-corrected chi connectivity index (χ2v) is 8.28. The Morgan fingerprint density at radius 3 is 2.43 bits per heavy atom. The van der Waals surface area contributed by atoms with Crippen LogP contribution in [0.4, 0.5) is 0 Å². The first-order valence-electron chi connectivity index (χ1n) is 9.01. The molecule has 0 aromatic carbocycles. The molecule has 0 bridgehead atoms. The van der Waals surface area contributed by atoms with Gasteiger partial charge in [0.1, 0.15) is 0 Å². The van der Waals surface area contributed by atoms with Crippen LogP contribution in [0, 0.1) is 17.8 Å². The summed E-state index contributed by atoms with van der Waals surface area (Å²) in [7, 11) is 4.45. The van der Waals surface area contributed by atoms with Gasteiger partial charge in [-0.3, -0.25) is 4.90 Å². The second kappa shape index (κ2) is 6.97. The molecule has 1 aliphatic heterocycles. The van der Waals surface area contributed by atoms with Crippen LogP contribution < -0.4 is 5.73 Å². The summed E-state index contributed by atoms with van der Waals surface area (Å²) in [5.74, 6) is 2.49.